The Morgan fingerprint density at radius 2 is 1.80 bits per heavy atom. The van der Waals surface area contributed by atoms with E-state index in [0.29, 0.717) is 0 Å². The Labute approximate surface area is 140 Å². The van der Waals surface area contributed by atoms with Gasteiger partial charge in [0.05, 0.1) is 30.1 Å². The van der Waals surface area contributed by atoms with Crippen molar-refractivity contribution in [2.75, 3.05) is 19.6 Å². The molecule has 12 heteroatoms. The van der Waals surface area contributed by atoms with Gasteiger partial charge in [-0.25, -0.2) is 9.59 Å². The van der Waals surface area contributed by atoms with Crippen LogP contribution in [-0.2, 0) is 19.1 Å². The molecule has 0 aliphatic rings. The number of esters is 2. The van der Waals surface area contributed by atoms with Crippen LogP contribution >= 0.6 is 0 Å². The third-order valence-corrected chi connectivity index (χ3v) is 2.66. The minimum Gasteiger partial charge on any atom is -0.466 e. The lowest BCUT2D eigenvalue weighted by molar-refractivity contribution is -0.393. The summed E-state index contributed by atoms with van der Waals surface area (Å²) in [7, 11) is 2.19. The van der Waals surface area contributed by atoms with E-state index in [1.807, 2.05) is 0 Å². The first-order valence-electron chi connectivity index (χ1n) is 6.41. The highest BCUT2D eigenvalue weighted by atomic mass is 16.6. The SMILES string of the molecule is COC(=O)C=CC(=NNc1ccc([N+](=O)[O-])cc1[N+](=O)[O-])C(=O)OC. The highest BCUT2D eigenvalue weighted by Crippen LogP contribution is 2.28. The highest BCUT2D eigenvalue weighted by Gasteiger charge is 2.19. The number of rotatable bonds is 7. The number of non-ortho nitro benzene ring substituents is 1. The first-order valence-corrected chi connectivity index (χ1v) is 6.41. The zero-order valence-electron chi connectivity index (χ0n) is 13.0. The van der Waals surface area contributed by atoms with E-state index in [2.05, 4.69) is 20.0 Å². The zero-order chi connectivity index (χ0) is 19.0. The fourth-order valence-corrected chi connectivity index (χ4v) is 1.47. The number of hydrogen-bond donors (Lipinski definition) is 1. The van der Waals surface area contributed by atoms with Crippen LogP contribution in [0.5, 0.6) is 0 Å². The number of methoxy groups -OCH3 is 2. The van der Waals surface area contributed by atoms with Crippen molar-refractivity contribution >= 4 is 34.7 Å². The summed E-state index contributed by atoms with van der Waals surface area (Å²) in [6.07, 6.45) is 1.86. The van der Waals surface area contributed by atoms with Crippen LogP contribution in [0.1, 0.15) is 0 Å². The molecule has 0 radical (unpaired) electrons. The lowest BCUT2D eigenvalue weighted by Crippen LogP contribution is -2.16. The molecular weight excluding hydrogens is 340 g/mol. The highest BCUT2D eigenvalue weighted by molar-refractivity contribution is 6.41. The average Bonchev–Trinajstić information content (AvgIpc) is 2.60. The van der Waals surface area contributed by atoms with Gasteiger partial charge in [-0.05, 0) is 12.1 Å². The molecule has 1 aromatic carbocycles. The van der Waals surface area contributed by atoms with Crippen molar-refractivity contribution in [2.24, 2.45) is 5.10 Å². The van der Waals surface area contributed by atoms with Crippen molar-refractivity contribution in [2.45, 2.75) is 0 Å². The molecule has 1 aromatic rings. The smallest absolute Gasteiger partial charge is 0.358 e. The van der Waals surface area contributed by atoms with Crippen LogP contribution in [0.3, 0.4) is 0 Å². The predicted octanol–water partition coefficient (Wildman–Crippen LogP) is 1.17. The van der Waals surface area contributed by atoms with E-state index in [-0.39, 0.29) is 11.4 Å². The largest absolute Gasteiger partial charge is 0.466 e. The maximum absolute atomic E-state index is 11.6. The maximum Gasteiger partial charge on any atom is 0.358 e. The van der Waals surface area contributed by atoms with Gasteiger partial charge in [0.25, 0.3) is 5.69 Å². The Balaban J connectivity index is 3.19. The number of hydrogen-bond acceptors (Lipinski definition) is 10. The molecule has 0 aliphatic carbocycles. The van der Waals surface area contributed by atoms with E-state index >= 15 is 0 Å². The van der Waals surface area contributed by atoms with Crippen LogP contribution in [0.2, 0.25) is 0 Å². The summed E-state index contributed by atoms with van der Waals surface area (Å²) >= 11 is 0. The van der Waals surface area contributed by atoms with Gasteiger partial charge in [0, 0.05) is 12.1 Å². The normalized spacial score (nSPS) is 11.0. The number of nitro groups is 2. The molecule has 25 heavy (non-hydrogen) atoms. The average molecular weight is 352 g/mol. The van der Waals surface area contributed by atoms with Crippen LogP contribution in [0.15, 0.2) is 35.5 Å². The molecule has 0 aromatic heterocycles. The second-order valence-electron chi connectivity index (χ2n) is 4.17. The van der Waals surface area contributed by atoms with Crippen LogP contribution < -0.4 is 5.43 Å². The van der Waals surface area contributed by atoms with E-state index in [1.54, 1.807) is 0 Å². The van der Waals surface area contributed by atoms with Gasteiger partial charge in [-0.2, -0.15) is 5.10 Å². The van der Waals surface area contributed by atoms with Gasteiger partial charge < -0.3 is 9.47 Å². The summed E-state index contributed by atoms with van der Waals surface area (Å²) in [4.78, 5) is 42.7. The van der Waals surface area contributed by atoms with Crippen LogP contribution in [0.25, 0.3) is 0 Å². The number of benzene rings is 1. The Morgan fingerprint density at radius 3 is 2.32 bits per heavy atom. The predicted molar refractivity (Wildman–Crippen MR) is 84.0 cm³/mol. The summed E-state index contributed by atoms with van der Waals surface area (Å²) in [5.74, 6) is -1.70. The summed E-state index contributed by atoms with van der Waals surface area (Å²) < 4.78 is 8.82. The summed E-state index contributed by atoms with van der Waals surface area (Å²) in [5, 5.41) is 25.3. The number of carbonyl (C=O) groups is 2. The van der Waals surface area contributed by atoms with Crippen LogP contribution in [0.4, 0.5) is 17.1 Å². The van der Waals surface area contributed by atoms with Crippen molar-refractivity contribution in [1.29, 1.82) is 0 Å². The molecule has 132 valence electrons. The van der Waals surface area contributed by atoms with Gasteiger partial charge in [0.1, 0.15) is 5.69 Å². The van der Waals surface area contributed by atoms with Crippen LogP contribution in [0, 0.1) is 20.2 Å². The summed E-state index contributed by atoms with van der Waals surface area (Å²) in [6.45, 7) is 0. The lowest BCUT2D eigenvalue weighted by Gasteiger charge is -2.04. The molecule has 0 bridgehead atoms. The number of anilines is 1. The number of hydrazone groups is 1. The minimum absolute atomic E-state index is 0.205. The number of nitrogens with one attached hydrogen (secondary N) is 1. The molecule has 1 rings (SSSR count). The molecule has 0 amide bonds. The first-order chi connectivity index (χ1) is 11.8. The van der Waals surface area contributed by atoms with E-state index in [4.69, 9.17) is 0 Å². The quantitative estimate of drug-likeness (QED) is 0.249. The second-order valence-corrected chi connectivity index (χ2v) is 4.17. The van der Waals surface area contributed by atoms with E-state index in [0.717, 1.165) is 44.6 Å². The van der Waals surface area contributed by atoms with Crippen molar-refractivity contribution in [3.63, 3.8) is 0 Å². The van der Waals surface area contributed by atoms with Gasteiger partial charge in [0.2, 0.25) is 0 Å². The Bertz CT molecular complexity index is 771. The van der Waals surface area contributed by atoms with Crippen molar-refractivity contribution < 1.29 is 28.9 Å². The topological polar surface area (TPSA) is 163 Å². The van der Waals surface area contributed by atoms with Gasteiger partial charge >= 0.3 is 17.6 Å². The summed E-state index contributed by atoms with van der Waals surface area (Å²) in [5.41, 5.74) is 0.532. The molecule has 12 nitrogen and oxygen atoms in total. The van der Waals surface area contributed by atoms with Crippen molar-refractivity contribution in [3.05, 3.63) is 50.6 Å². The first kappa shape index (κ1) is 19.2. The molecule has 0 heterocycles. The molecule has 0 saturated carbocycles. The van der Waals surface area contributed by atoms with Gasteiger partial charge in [-0.15, -0.1) is 0 Å². The molecule has 0 aliphatic heterocycles. The van der Waals surface area contributed by atoms with Crippen molar-refractivity contribution in [3.8, 4) is 0 Å². The lowest BCUT2D eigenvalue weighted by atomic mass is 10.2. The number of ether oxygens (including phenoxy) is 2. The molecular formula is C13H12N4O8. The summed E-state index contributed by atoms with van der Waals surface area (Å²) in [6, 6.07) is 2.81. The monoisotopic (exact) mass is 352 g/mol. The molecule has 0 fully saturated rings. The van der Waals surface area contributed by atoms with Gasteiger partial charge in [-0.3, -0.25) is 25.7 Å². The Kier molecular flexibility index (Phi) is 6.70. The third-order valence-electron chi connectivity index (χ3n) is 2.66. The van der Waals surface area contributed by atoms with Crippen LogP contribution in [-0.4, -0.2) is 41.7 Å². The van der Waals surface area contributed by atoms with E-state index < -0.39 is 33.2 Å². The standard InChI is InChI=1S/C13H12N4O8/c1-24-12(18)6-5-10(13(19)25-2)15-14-9-4-3-8(16(20)21)7-11(9)17(22)23/h3-7,14H,1-2H3. The third kappa shape index (κ3) is 5.38. The molecule has 0 unspecified atom stereocenters. The molecule has 0 atom stereocenters. The molecule has 1 N–H and O–H groups in total. The second kappa shape index (κ2) is 8.71. The Morgan fingerprint density at radius 1 is 1.12 bits per heavy atom. The molecule has 0 saturated heterocycles. The minimum atomic E-state index is -0.933. The maximum atomic E-state index is 11.6. The van der Waals surface area contributed by atoms with E-state index in [9.17, 15) is 29.8 Å². The van der Waals surface area contributed by atoms with Gasteiger partial charge in [-0.1, -0.05) is 0 Å². The van der Waals surface area contributed by atoms with Gasteiger partial charge in [0.15, 0.2) is 5.71 Å². The number of nitrogens with zero attached hydrogens (tertiary/aromatic N) is 3. The number of carbonyl (C=O) groups excluding carboxylic acids is 2. The molecule has 0 spiro atoms. The van der Waals surface area contributed by atoms with Crippen molar-refractivity contribution in [1.82, 2.24) is 0 Å². The van der Waals surface area contributed by atoms with E-state index in [1.165, 1.54) is 0 Å². The fourth-order valence-electron chi connectivity index (χ4n) is 1.47. The fraction of sp³-hybridized carbons (Fsp3) is 0.154. The zero-order valence-corrected chi connectivity index (χ0v) is 13.0. The Hall–Kier alpha value is -3.83. The number of nitro benzene ring substituents is 2.